The van der Waals surface area contributed by atoms with Crippen molar-refractivity contribution in [1.82, 2.24) is 14.8 Å². The van der Waals surface area contributed by atoms with Crippen molar-refractivity contribution in [1.29, 1.82) is 0 Å². The van der Waals surface area contributed by atoms with Gasteiger partial charge in [0.2, 0.25) is 0 Å². The largest absolute Gasteiger partial charge is 0.388 e. The van der Waals surface area contributed by atoms with Crippen LogP contribution in [0.4, 0.5) is 10.1 Å². The lowest BCUT2D eigenvalue weighted by atomic mass is 10.3. The van der Waals surface area contributed by atoms with Crippen molar-refractivity contribution in [3.8, 4) is 5.69 Å². The molecule has 0 amide bonds. The number of nitrogens with zero attached hydrogens (tertiary/aromatic N) is 3. The molecule has 4 nitrogen and oxygen atoms in total. The first-order valence-electron chi connectivity index (χ1n) is 4.25. The Bertz CT molecular complexity index is 483. The molecule has 1 N–H and O–H groups in total. The van der Waals surface area contributed by atoms with E-state index in [1.54, 1.807) is 19.2 Å². The lowest BCUT2D eigenvalue weighted by molar-refractivity contribution is 0.536. The van der Waals surface area contributed by atoms with Crippen molar-refractivity contribution in [3.63, 3.8) is 0 Å². The van der Waals surface area contributed by atoms with E-state index in [2.05, 4.69) is 15.4 Å². The maximum atomic E-state index is 12.6. The van der Waals surface area contributed by atoms with Crippen LogP contribution < -0.4 is 5.32 Å². The van der Waals surface area contributed by atoms with E-state index in [9.17, 15) is 4.39 Å². The molecular formula is C9H8ClFN4. The number of aromatic nitrogens is 3. The van der Waals surface area contributed by atoms with Crippen LogP contribution in [0.1, 0.15) is 0 Å². The molecule has 0 atom stereocenters. The van der Waals surface area contributed by atoms with Gasteiger partial charge in [-0.2, -0.15) is 9.37 Å². The minimum atomic E-state index is -0.777. The maximum Gasteiger partial charge on any atom is 0.327 e. The molecule has 0 fully saturated rings. The second-order valence-electron chi connectivity index (χ2n) is 2.87. The summed E-state index contributed by atoms with van der Waals surface area (Å²) in [6, 6.07) is 5.29. The number of benzene rings is 1. The summed E-state index contributed by atoms with van der Waals surface area (Å²) >= 11 is 5.96. The highest BCUT2D eigenvalue weighted by molar-refractivity contribution is 6.32. The first kappa shape index (κ1) is 9.92. The SMILES string of the molecule is CNc1ccc(Cl)c(-n2cnc(F)n2)c1. The van der Waals surface area contributed by atoms with Crippen molar-refractivity contribution in [2.75, 3.05) is 12.4 Å². The van der Waals surface area contributed by atoms with E-state index in [-0.39, 0.29) is 0 Å². The fourth-order valence-electron chi connectivity index (χ4n) is 1.20. The van der Waals surface area contributed by atoms with E-state index in [0.29, 0.717) is 10.7 Å². The molecule has 0 aliphatic carbocycles. The molecule has 0 bridgehead atoms. The van der Waals surface area contributed by atoms with Crippen LogP contribution in [0, 0.1) is 6.08 Å². The number of halogens is 2. The Kier molecular flexibility index (Phi) is 2.55. The van der Waals surface area contributed by atoms with Gasteiger partial charge in [0, 0.05) is 12.7 Å². The zero-order valence-corrected chi connectivity index (χ0v) is 8.66. The summed E-state index contributed by atoms with van der Waals surface area (Å²) in [5, 5.41) is 6.99. The van der Waals surface area contributed by atoms with Crippen molar-refractivity contribution < 1.29 is 4.39 Å². The van der Waals surface area contributed by atoms with E-state index in [1.165, 1.54) is 11.0 Å². The zero-order valence-electron chi connectivity index (χ0n) is 7.91. The summed E-state index contributed by atoms with van der Waals surface area (Å²) in [6.45, 7) is 0. The number of anilines is 1. The maximum absolute atomic E-state index is 12.6. The number of rotatable bonds is 2. The van der Waals surface area contributed by atoms with Gasteiger partial charge in [-0.15, -0.1) is 5.10 Å². The molecule has 15 heavy (non-hydrogen) atoms. The van der Waals surface area contributed by atoms with E-state index >= 15 is 0 Å². The third kappa shape index (κ3) is 1.92. The van der Waals surface area contributed by atoms with Gasteiger partial charge >= 0.3 is 6.08 Å². The third-order valence-electron chi connectivity index (χ3n) is 1.95. The Balaban J connectivity index is 2.51. The molecule has 1 heterocycles. The van der Waals surface area contributed by atoms with Gasteiger partial charge in [-0.3, -0.25) is 0 Å². The fourth-order valence-corrected chi connectivity index (χ4v) is 1.41. The van der Waals surface area contributed by atoms with E-state index < -0.39 is 6.08 Å². The summed E-state index contributed by atoms with van der Waals surface area (Å²) in [6.07, 6.45) is 0.497. The smallest absolute Gasteiger partial charge is 0.327 e. The lowest BCUT2D eigenvalue weighted by Gasteiger charge is -2.06. The first-order chi connectivity index (χ1) is 7.20. The molecule has 0 unspecified atom stereocenters. The zero-order chi connectivity index (χ0) is 10.8. The van der Waals surface area contributed by atoms with Crippen molar-refractivity contribution >= 4 is 17.3 Å². The Morgan fingerprint density at radius 2 is 2.27 bits per heavy atom. The number of hydrogen-bond donors (Lipinski definition) is 1. The Morgan fingerprint density at radius 1 is 1.47 bits per heavy atom. The van der Waals surface area contributed by atoms with Crippen LogP contribution in [-0.4, -0.2) is 21.8 Å². The summed E-state index contributed by atoms with van der Waals surface area (Å²) in [5.41, 5.74) is 1.45. The summed E-state index contributed by atoms with van der Waals surface area (Å²) in [7, 11) is 1.79. The van der Waals surface area contributed by atoms with Gasteiger partial charge < -0.3 is 5.32 Å². The molecule has 0 spiro atoms. The Morgan fingerprint density at radius 3 is 2.87 bits per heavy atom. The normalized spacial score (nSPS) is 10.3. The van der Waals surface area contributed by atoms with Crippen molar-refractivity contribution in [2.24, 2.45) is 0 Å². The van der Waals surface area contributed by atoms with Crippen LogP contribution >= 0.6 is 11.6 Å². The topological polar surface area (TPSA) is 42.7 Å². The summed E-state index contributed by atoms with van der Waals surface area (Å²) in [4.78, 5) is 3.40. The molecule has 6 heteroatoms. The highest BCUT2D eigenvalue weighted by Crippen LogP contribution is 2.23. The van der Waals surface area contributed by atoms with Gasteiger partial charge in [-0.1, -0.05) is 11.6 Å². The predicted molar refractivity (Wildman–Crippen MR) is 55.9 cm³/mol. The van der Waals surface area contributed by atoms with E-state index in [1.807, 2.05) is 6.07 Å². The molecule has 2 aromatic rings. The molecule has 0 aliphatic heterocycles. The van der Waals surface area contributed by atoms with Gasteiger partial charge in [0.05, 0.1) is 10.7 Å². The van der Waals surface area contributed by atoms with Crippen LogP contribution in [0.5, 0.6) is 0 Å². The molecule has 2 rings (SSSR count). The van der Waals surface area contributed by atoms with Gasteiger partial charge in [0.25, 0.3) is 0 Å². The van der Waals surface area contributed by atoms with Gasteiger partial charge in [0.15, 0.2) is 0 Å². The molecular weight excluding hydrogens is 219 g/mol. The van der Waals surface area contributed by atoms with Gasteiger partial charge in [0.1, 0.15) is 6.33 Å². The lowest BCUT2D eigenvalue weighted by Crippen LogP contribution is -1.98. The molecule has 0 radical (unpaired) electrons. The highest BCUT2D eigenvalue weighted by Gasteiger charge is 2.06. The van der Waals surface area contributed by atoms with Crippen LogP contribution in [0.25, 0.3) is 5.69 Å². The van der Waals surface area contributed by atoms with Crippen molar-refractivity contribution in [2.45, 2.75) is 0 Å². The fraction of sp³-hybridized carbons (Fsp3) is 0.111. The standard InChI is InChI=1S/C9H8ClFN4/c1-12-6-2-3-7(10)8(4-6)15-5-13-9(11)14-15/h2-5,12H,1H3. The average molecular weight is 227 g/mol. The predicted octanol–water partition coefficient (Wildman–Crippen LogP) is 2.10. The second kappa shape index (κ2) is 3.86. The first-order valence-corrected chi connectivity index (χ1v) is 4.63. The average Bonchev–Trinajstić information content (AvgIpc) is 2.65. The minimum Gasteiger partial charge on any atom is -0.388 e. The Labute approximate surface area is 90.7 Å². The number of hydrogen-bond acceptors (Lipinski definition) is 3. The monoisotopic (exact) mass is 226 g/mol. The molecule has 78 valence electrons. The molecule has 1 aromatic carbocycles. The van der Waals surface area contributed by atoms with Crippen LogP contribution in [-0.2, 0) is 0 Å². The van der Waals surface area contributed by atoms with Gasteiger partial charge in [-0.05, 0) is 18.2 Å². The third-order valence-corrected chi connectivity index (χ3v) is 2.27. The molecule has 0 aliphatic rings. The molecule has 0 saturated heterocycles. The quantitative estimate of drug-likeness (QED) is 0.853. The van der Waals surface area contributed by atoms with Crippen molar-refractivity contribution in [3.05, 3.63) is 35.6 Å². The van der Waals surface area contributed by atoms with Crippen LogP contribution in [0.2, 0.25) is 5.02 Å². The molecule has 1 aromatic heterocycles. The number of nitrogens with one attached hydrogen (secondary N) is 1. The van der Waals surface area contributed by atoms with Gasteiger partial charge in [-0.25, -0.2) is 4.68 Å². The minimum absolute atomic E-state index is 0.485. The second-order valence-corrected chi connectivity index (χ2v) is 3.28. The highest BCUT2D eigenvalue weighted by atomic mass is 35.5. The van der Waals surface area contributed by atoms with Crippen LogP contribution in [0.15, 0.2) is 24.5 Å². The van der Waals surface area contributed by atoms with E-state index in [0.717, 1.165) is 5.69 Å². The Hall–Kier alpha value is -1.62. The molecule has 0 saturated carbocycles. The van der Waals surface area contributed by atoms with Crippen LogP contribution in [0.3, 0.4) is 0 Å². The summed E-state index contributed by atoms with van der Waals surface area (Å²) in [5.74, 6) is 0. The van der Waals surface area contributed by atoms with E-state index in [4.69, 9.17) is 11.6 Å². The summed E-state index contributed by atoms with van der Waals surface area (Å²) < 4.78 is 13.9.